The summed E-state index contributed by atoms with van der Waals surface area (Å²) < 4.78 is 5.38. The minimum Gasteiger partial charge on any atom is -0.475 e. The number of aromatic nitrogens is 1. The SMILES string of the molecule is CCCc1nc(C2CC2(C)C)oc1C(=O)O. The Balaban J connectivity index is 2.29. The maximum absolute atomic E-state index is 11.0. The first-order valence-corrected chi connectivity index (χ1v) is 5.68. The molecule has 88 valence electrons. The zero-order valence-electron chi connectivity index (χ0n) is 9.91. The largest absolute Gasteiger partial charge is 0.475 e. The monoisotopic (exact) mass is 223 g/mol. The van der Waals surface area contributed by atoms with E-state index in [1.54, 1.807) is 0 Å². The van der Waals surface area contributed by atoms with Gasteiger partial charge in [0.25, 0.3) is 0 Å². The quantitative estimate of drug-likeness (QED) is 0.852. The summed E-state index contributed by atoms with van der Waals surface area (Å²) in [5, 5.41) is 9.00. The van der Waals surface area contributed by atoms with Crippen LogP contribution in [0.3, 0.4) is 0 Å². The molecule has 0 bridgehead atoms. The smallest absolute Gasteiger partial charge is 0.373 e. The molecule has 0 aromatic carbocycles. The molecule has 1 aromatic rings. The standard InChI is InChI=1S/C12H17NO3/c1-4-5-8-9(11(14)15)16-10(13-8)7-6-12(7,2)3/h7H,4-6H2,1-3H3,(H,14,15). The number of aromatic carboxylic acids is 1. The van der Waals surface area contributed by atoms with Crippen LogP contribution in [0.25, 0.3) is 0 Å². The predicted octanol–water partition coefficient (Wildman–Crippen LogP) is 2.84. The molecule has 0 spiro atoms. The van der Waals surface area contributed by atoms with Crippen LogP contribution in [-0.4, -0.2) is 16.1 Å². The molecule has 0 aliphatic heterocycles. The lowest BCUT2D eigenvalue weighted by Gasteiger charge is -1.96. The number of carboxylic acid groups (broad SMARTS) is 1. The third kappa shape index (κ3) is 1.84. The van der Waals surface area contributed by atoms with E-state index in [1.807, 2.05) is 6.92 Å². The molecular formula is C12H17NO3. The van der Waals surface area contributed by atoms with E-state index in [4.69, 9.17) is 9.52 Å². The number of oxazole rings is 1. The summed E-state index contributed by atoms with van der Waals surface area (Å²) in [5.74, 6) is -0.0951. The van der Waals surface area contributed by atoms with Crippen LogP contribution in [0.4, 0.5) is 0 Å². The summed E-state index contributed by atoms with van der Waals surface area (Å²) in [6.45, 7) is 6.28. The Labute approximate surface area is 94.7 Å². The molecule has 1 saturated carbocycles. The number of rotatable bonds is 4. The summed E-state index contributed by atoms with van der Waals surface area (Å²) in [4.78, 5) is 15.3. The number of carboxylic acids is 1. The maximum atomic E-state index is 11.0. The highest BCUT2D eigenvalue weighted by Gasteiger charge is 2.50. The Morgan fingerprint density at radius 3 is 2.69 bits per heavy atom. The van der Waals surface area contributed by atoms with Crippen molar-refractivity contribution in [3.8, 4) is 0 Å². The van der Waals surface area contributed by atoms with Gasteiger partial charge in [-0.1, -0.05) is 27.2 Å². The zero-order valence-corrected chi connectivity index (χ0v) is 9.91. The molecule has 1 aromatic heterocycles. The summed E-state index contributed by atoms with van der Waals surface area (Å²) in [5.41, 5.74) is 0.803. The second-order valence-electron chi connectivity index (χ2n) is 5.13. The van der Waals surface area contributed by atoms with E-state index >= 15 is 0 Å². The van der Waals surface area contributed by atoms with Crippen LogP contribution in [0.1, 0.15) is 61.7 Å². The Kier molecular flexibility index (Phi) is 2.52. The molecule has 16 heavy (non-hydrogen) atoms. The van der Waals surface area contributed by atoms with Crippen molar-refractivity contribution in [3.05, 3.63) is 17.3 Å². The molecule has 1 aliphatic carbocycles. The van der Waals surface area contributed by atoms with E-state index in [2.05, 4.69) is 18.8 Å². The van der Waals surface area contributed by atoms with Crippen molar-refractivity contribution in [2.24, 2.45) is 5.41 Å². The summed E-state index contributed by atoms with van der Waals surface area (Å²) in [6.07, 6.45) is 2.57. The Hall–Kier alpha value is -1.32. The van der Waals surface area contributed by atoms with Crippen LogP contribution >= 0.6 is 0 Å². The van der Waals surface area contributed by atoms with Crippen molar-refractivity contribution in [3.63, 3.8) is 0 Å². The lowest BCUT2D eigenvalue weighted by molar-refractivity contribution is 0.0658. The highest BCUT2D eigenvalue weighted by molar-refractivity contribution is 5.85. The Morgan fingerprint density at radius 2 is 2.25 bits per heavy atom. The minimum atomic E-state index is -1.01. The first kappa shape index (κ1) is 11.2. The van der Waals surface area contributed by atoms with Crippen molar-refractivity contribution >= 4 is 5.97 Å². The van der Waals surface area contributed by atoms with Gasteiger partial charge < -0.3 is 9.52 Å². The van der Waals surface area contributed by atoms with Crippen molar-refractivity contribution < 1.29 is 14.3 Å². The van der Waals surface area contributed by atoms with Crippen LogP contribution < -0.4 is 0 Å². The van der Waals surface area contributed by atoms with Gasteiger partial charge in [0, 0.05) is 5.92 Å². The number of aryl methyl sites for hydroxylation is 1. The van der Waals surface area contributed by atoms with Gasteiger partial charge in [0.1, 0.15) is 0 Å². The molecule has 0 saturated heterocycles. The molecule has 4 nitrogen and oxygen atoms in total. The predicted molar refractivity (Wildman–Crippen MR) is 58.6 cm³/mol. The van der Waals surface area contributed by atoms with Gasteiger partial charge in [-0.05, 0) is 18.3 Å². The summed E-state index contributed by atoms with van der Waals surface area (Å²) >= 11 is 0. The van der Waals surface area contributed by atoms with Gasteiger partial charge in [0.15, 0.2) is 5.89 Å². The van der Waals surface area contributed by atoms with Crippen molar-refractivity contribution in [2.45, 2.75) is 46.0 Å². The number of hydrogen-bond acceptors (Lipinski definition) is 3. The third-order valence-corrected chi connectivity index (χ3v) is 3.21. The highest BCUT2D eigenvalue weighted by atomic mass is 16.4. The lowest BCUT2D eigenvalue weighted by Crippen LogP contribution is -1.99. The molecule has 2 rings (SSSR count). The van der Waals surface area contributed by atoms with Crippen LogP contribution in [0.15, 0.2) is 4.42 Å². The molecule has 0 amide bonds. The van der Waals surface area contributed by atoms with Gasteiger partial charge in [0.05, 0.1) is 5.69 Å². The van der Waals surface area contributed by atoms with E-state index < -0.39 is 5.97 Å². The van der Waals surface area contributed by atoms with Gasteiger partial charge in [-0.25, -0.2) is 9.78 Å². The van der Waals surface area contributed by atoms with Gasteiger partial charge >= 0.3 is 5.97 Å². The topological polar surface area (TPSA) is 63.3 Å². The fraction of sp³-hybridized carbons (Fsp3) is 0.667. The highest BCUT2D eigenvalue weighted by Crippen LogP contribution is 2.58. The first-order chi connectivity index (χ1) is 7.45. The second-order valence-corrected chi connectivity index (χ2v) is 5.13. The van der Waals surface area contributed by atoms with Gasteiger partial charge in [-0.15, -0.1) is 0 Å². The number of hydrogen-bond donors (Lipinski definition) is 1. The molecule has 0 radical (unpaired) electrons. The van der Waals surface area contributed by atoms with Crippen LogP contribution in [-0.2, 0) is 6.42 Å². The molecule has 1 fully saturated rings. The summed E-state index contributed by atoms with van der Waals surface area (Å²) in [6, 6.07) is 0. The van der Waals surface area contributed by atoms with Crippen LogP contribution in [0, 0.1) is 5.41 Å². The van der Waals surface area contributed by atoms with Crippen LogP contribution in [0.5, 0.6) is 0 Å². The van der Waals surface area contributed by atoms with Gasteiger partial charge in [-0.2, -0.15) is 0 Å². The first-order valence-electron chi connectivity index (χ1n) is 5.68. The van der Waals surface area contributed by atoms with Crippen molar-refractivity contribution in [2.75, 3.05) is 0 Å². The fourth-order valence-electron chi connectivity index (χ4n) is 1.98. The van der Waals surface area contributed by atoms with Crippen molar-refractivity contribution in [1.29, 1.82) is 0 Å². The molecule has 1 unspecified atom stereocenters. The number of carbonyl (C=O) groups is 1. The lowest BCUT2D eigenvalue weighted by atomic mass is 10.1. The molecular weight excluding hydrogens is 206 g/mol. The van der Waals surface area contributed by atoms with E-state index in [1.165, 1.54) is 0 Å². The minimum absolute atomic E-state index is 0.0274. The van der Waals surface area contributed by atoms with Gasteiger partial charge in [-0.3, -0.25) is 0 Å². The molecule has 1 heterocycles. The molecule has 1 aliphatic rings. The Morgan fingerprint density at radius 1 is 1.62 bits per heavy atom. The van der Waals surface area contributed by atoms with Crippen LogP contribution in [0.2, 0.25) is 0 Å². The van der Waals surface area contributed by atoms with Crippen molar-refractivity contribution in [1.82, 2.24) is 4.98 Å². The Bertz CT molecular complexity index is 420. The molecule has 1 atom stereocenters. The third-order valence-electron chi connectivity index (χ3n) is 3.21. The van der Waals surface area contributed by atoms with E-state index in [0.717, 1.165) is 12.8 Å². The van der Waals surface area contributed by atoms with E-state index in [9.17, 15) is 4.79 Å². The second kappa shape index (κ2) is 3.61. The average Bonchev–Trinajstić information content (AvgIpc) is 2.65. The normalized spacial score (nSPS) is 22.1. The molecule has 1 N–H and O–H groups in total. The van der Waals surface area contributed by atoms with E-state index in [0.29, 0.717) is 18.0 Å². The zero-order chi connectivity index (χ0) is 11.9. The molecule has 4 heteroatoms. The maximum Gasteiger partial charge on any atom is 0.373 e. The van der Waals surface area contributed by atoms with Gasteiger partial charge in [0.2, 0.25) is 5.76 Å². The number of nitrogens with zero attached hydrogens (tertiary/aromatic N) is 1. The van der Waals surface area contributed by atoms with E-state index in [-0.39, 0.29) is 17.1 Å². The summed E-state index contributed by atoms with van der Waals surface area (Å²) in [7, 11) is 0. The average molecular weight is 223 g/mol. The fourth-order valence-corrected chi connectivity index (χ4v) is 1.98.